The Bertz CT molecular complexity index is 1150. The van der Waals surface area contributed by atoms with E-state index < -0.39 is 41.5 Å². The molecule has 0 spiro atoms. The molecule has 0 aromatic heterocycles. The maximum absolute atomic E-state index is 13.0. The van der Waals surface area contributed by atoms with Crippen LogP contribution in [0.2, 0.25) is 0 Å². The summed E-state index contributed by atoms with van der Waals surface area (Å²) < 4.78 is 36.7. The topological polar surface area (TPSA) is 113 Å². The van der Waals surface area contributed by atoms with E-state index in [0.29, 0.717) is 6.54 Å². The monoisotopic (exact) mass is 506 g/mol. The standard InChI is InChI=1S/C23H24N2O4.C2HF3O2/c1-4-25-20(26)17-18(21(25)27)23(2,22(28)29-3)24-19(17)16-12-10-15(11-13-16)14-8-6-5-7-9-14;3-2(4,5)1(6)7/h5-13,17-19,24H,4H2,1-3H3;(H,6,7)/t17?,18?,19?,23-;/m1./s1. The fourth-order valence-corrected chi connectivity index (χ4v) is 4.71. The molecule has 4 atom stereocenters. The first-order chi connectivity index (χ1) is 16.9. The molecule has 0 bridgehead atoms. The number of halogens is 3. The van der Waals surface area contributed by atoms with Gasteiger partial charge in [-0.05, 0) is 30.5 Å². The van der Waals surface area contributed by atoms with E-state index in [1.807, 2.05) is 54.6 Å². The van der Waals surface area contributed by atoms with Crippen LogP contribution in [0.25, 0.3) is 11.1 Å². The number of amides is 2. The summed E-state index contributed by atoms with van der Waals surface area (Å²) >= 11 is 0. The smallest absolute Gasteiger partial charge is 0.475 e. The lowest BCUT2D eigenvalue weighted by Gasteiger charge is -2.28. The molecule has 3 unspecified atom stereocenters. The van der Waals surface area contributed by atoms with E-state index >= 15 is 0 Å². The van der Waals surface area contributed by atoms with Crippen molar-refractivity contribution in [2.24, 2.45) is 11.8 Å². The molecule has 0 saturated carbocycles. The summed E-state index contributed by atoms with van der Waals surface area (Å²) in [6.45, 7) is 3.71. The van der Waals surface area contributed by atoms with E-state index in [2.05, 4.69) is 5.32 Å². The number of carboxylic acids is 1. The molecule has 0 radical (unpaired) electrons. The van der Waals surface area contributed by atoms with Crippen molar-refractivity contribution in [1.29, 1.82) is 0 Å². The number of ether oxygens (including phenoxy) is 1. The van der Waals surface area contributed by atoms with Gasteiger partial charge in [0.15, 0.2) is 0 Å². The number of carbonyl (C=O) groups is 4. The fourth-order valence-electron chi connectivity index (χ4n) is 4.71. The van der Waals surface area contributed by atoms with Crippen molar-refractivity contribution >= 4 is 23.8 Å². The van der Waals surface area contributed by atoms with E-state index in [1.165, 1.54) is 12.0 Å². The van der Waals surface area contributed by atoms with Crippen LogP contribution in [0.3, 0.4) is 0 Å². The summed E-state index contributed by atoms with van der Waals surface area (Å²) in [7, 11) is 1.30. The number of methoxy groups -OCH3 is 1. The van der Waals surface area contributed by atoms with E-state index in [1.54, 1.807) is 13.8 Å². The molecule has 36 heavy (non-hydrogen) atoms. The number of aliphatic carboxylic acids is 1. The van der Waals surface area contributed by atoms with E-state index in [0.717, 1.165) is 16.7 Å². The summed E-state index contributed by atoms with van der Waals surface area (Å²) in [6, 6.07) is 17.4. The number of likely N-dealkylation sites (tertiary alicyclic amines) is 1. The van der Waals surface area contributed by atoms with Crippen molar-refractivity contribution in [3.05, 3.63) is 60.2 Å². The summed E-state index contributed by atoms with van der Waals surface area (Å²) in [5.74, 6) is -5.25. The van der Waals surface area contributed by atoms with Crippen molar-refractivity contribution in [2.75, 3.05) is 13.7 Å². The molecule has 4 rings (SSSR count). The Morgan fingerprint density at radius 3 is 2.03 bits per heavy atom. The first kappa shape index (κ1) is 26.9. The molecule has 2 aromatic carbocycles. The molecular weight excluding hydrogens is 481 g/mol. The Labute approximate surface area is 205 Å². The Hall–Kier alpha value is -3.73. The minimum atomic E-state index is -5.08. The maximum Gasteiger partial charge on any atom is 0.490 e. The van der Waals surface area contributed by atoms with Gasteiger partial charge in [0.25, 0.3) is 0 Å². The largest absolute Gasteiger partial charge is 0.490 e. The summed E-state index contributed by atoms with van der Waals surface area (Å²) in [6.07, 6.45) is -5.08. The lowest BCUT2D eigenvalue weighted by Crippen LogP contribution is -2.53. The van der Waals surface area contributed by atoms with Gasteiger partial charge in [-0.25, -0.2) is 4.79 Å². The van der Waals surface area contributed by atoms with Gasteiger partial charge in [-0.3, -0.25) is 24.6 Å². The van der Waals surface area contributed by atoms with Crippen LogP contribution >= 0.6 is 0 Å². The van der Waals surface area contributed by atoms with Gasteiger partial charge in [-0.2, -0.15) is 13.2 Å². The van der Waals surface area contributed by atoms with Crippen LogP contribution in [0.15, 0.2) is 54.6 Å². The Kier molecular flexibility index (Phi) is 7.54. The number of carboxylic acid groups (broad SMARTS) is 1. The third-order valence-electron chi connectivity index (χ3n) is 6.42. The number of carbonyl (C=O) groups excluding carboxylic acids is 3. The number of imide groups is 1. The number of hydrogen-bond donors (Lipinski definition) is 2. The Morgan fingerprint density at radius 1 is 1.03 bits per heavy atom. The highest BCUT2D eigenvalue weighted by Gasteiger charge is 2.66. The number of rotatable bonds is 4. The maximum atomic E-state index is 13.0. The molecular formula is C25H25F3N2O6. The van der Waals surface area contributed by atoms with E-state index in [-0.39, 0.29) is 11.8 Å². The van der Waals surface area contributed by atoms with Gasteiger partial charge in [0, 0.05) is 12.6 Å². The minimum absolute atomic E-state index is 0.236. The molecule has 2 saturated heterocycles. The number of benzene rings is 2. The van der Waals surface area contributed by atoms with Crippen molar-refractivity contribution in [1.82, 2.24) is 10.2 Å². The van der Waals surface area contributed by atoms with E-state index in [4.69, 9.17) is 14.6 Å². The second-order valence-electron chi connectivity index (χ2n) is 8.53. The van der Waals surface area contributed by atoms with Gasteiger partial charge in [-0.1, -0.05) is 54.6 Å². The minimum Gasteiger partial charge on any atom is -0.475 e. The predicted octanol–water partition coefficient (Wildman–Crippen LogP) is 3.18. The molecule has 2 fully saturated rings. The molecule has 2 aliphatic rings. The van der Waals surface area contributed by atoms with Crippen molar-refractivity contribution in [3.8, 4) is 11.1 Å². The van der Waals surface area contributed by atoms with Crippen LogP contribution in [0.5, 0.6) is 0 Å². The molecule has 2 heterocycles. The van der Waals surface area contributed by atoms with Crippen LogP contribution < -0.4 is 5.32 Å². The summed E-state index contributed by atoms with van der Waals surface area (Å²) in [4.78, 5) is 48.7. The van der Waals surface area contributed by atoms with Crippen LogP contribution in [-0.2, 0) is 23.9 Å². The third kappa shape index (κ3) is 4.83. The second kappa shape index (κ2) is 10.1. The third-order valence-corrected chi connectivity index (χ3v) is 6.42. The van der Waals surface area contributed by atoms with Gasteiger partial charge in [0.2, 0.25) is 11.8 Å². The normalized spacial score (nSPS) is 25.2. The van der Waals surface area contributed by atoms with Crippen LogP contribution in [0.1, 0.15) is 25.5 Å². The molecule has 2 aromatic rings. The van der Waals surface area contributed by atoms with Crippen molar-refractivity contribution in [2.45, 2.75) is 31.6 Å². The van der Waals surface area contributed by atoms with Crippen LogP contribution in [-0.4, -0.2) is 59.1 Å². The van der Waals surface area contributed by atoms with Crippen molar-refractivity contribution < 1.29 is 42.2 Å². The first-order valence-electron chi connectivity index (χ1n) is 11.0. The van der Waals surface area contributed by atoms with Gasteiger partial charge in [-0.15, -0.1) is 0 Å². The lowest BCUT2D eigenvalue weighted by atomic mass is 9.80. The number of alkyl halides is 3. The molecule has 11 heteroatoms. The zero-order valence-corrected chi connectivity index (χ0v) is 19.7. The number of fused-ring (bicyclic) bond motifs is 1. The zero-order chi connectivity index (χ0) is 26.8. The summed E-state index contributed by atoms with van der Waals surface area (Å²) in [5, 5.41) is 10.4. The second-order valence-corrected chi connectivity index (χ2v) is 8.53. The van der Waals surface area contributed by atoms with E-state index in [9.17, 15) is 27.6 Å². The molecule has 2 aliphatic heterocycles. The summed E-state index contributed by atoms with van der Waals surface area (Å²) in [5.41, 5.74) is 1.77. The van der Waals surface area contributed by atoms with Gasteiger partial charge in [0.1, 0.15) is 5.54 Å². The van der Waals surface area contributed by atoms with Gasteiger partial charge >= 0.3 is 18.1 Å². The number of nitrogens with one attached hydrogen (secondary N) is 1. The van der Waals surface area contributed by atoms with Gasteiger partial charge < -0.3 is 9.84 Å². The highest BCUT2D eigenvalue weighted by Crippen LogP contribution is 2.49. The van der Waals surface area contributed by atoms with Crippen LogP contribution in [0.4, 0.5) is 13.2 Å². The fraction of sp³-hybridized carbons (Fsp3) is 0.360. The lowest BCUT2D eigenvalue weighted by molar-refractivity contribution is -0.192. The SMILES string of the molecule is CCN1C(=O)C2C(c3ccc(-c4ccccc4)cc3)N[C@@](C)(C(=O)OC)C2C1=O.O=C(O)C(F)(F)F. The van der Waals surface area contributed by atoms with Gasteiger partial charge in [0.05, 0.1) is 18.9 Å². The highest BCUT2D eigenvalue weighted by molar-refractivity contribution is 6.09. The predicted molar refractivity (Wildman–Crippen MR) is 121 cm³/mol. The van der Waals surface area contributed by atoms with Crippen molar-refractivity contribution in [3.63, 3.8) is 0 Å². The highest BCUT2D eigenvalue weighted by atomic mass is 19.4. The Balaban J connectivity index is 0.000000454. The number of nitrogens with zero attached hydrogens (tertiary/aromatic N) is 1. The molecule has 2 amide bonds. The average Bonchev–Trinajstić information content (AvgIpc) is 3.31. The molecule has 0 aliphatic carbocycles. The Morgan fingerprint density at radius 2 is 1.56 bits per heavy atom. The molecule has 8 nitrogen and oxygen atoms in total. The molecule has 192 valence electrons. The zero-order valence-electron chi connectivity index (χ0n) is 19.7. The average molecular weight is 506 g/mol. The number of esters is 1. The quantitative estimate of drug-likeness (QED) is 0.484. The molecule has 2 N–H and O–H groups in total. The first-order valence-corrected chi connectivity index (χ1v) is 11.0. The van der Waals surface area contributed by atoms with Crippen LogP contribution in [0, 0.1) is 11.8 Å². The number of hydrogen-bond acceptors (Lipinski definition) is 6.